The van der Waals surface area contributed by atoms with Gasteiger partial charge in [0.25, 0.3) is 0 Å². The highest BCUT2D eigenvalue weighted by molar-refractivity contribution is 5.06. The van der Waals surface area contributed by atoms with Crippen LogP contribution in [0.5, 0.6) is 0 Å². The van der Waals surface area contributed by atoms with Gasteiger partial charge in [-0.05, 0) is 43.7 Å². The molecule has 1 aromatic heterocycles. The van der Waals surface area contributed by atoms with Crippen LogP contribution in [0.15, 0.2) is 16.5 Å². The highest BCUT2D eigenvalue weighted by atomic mass is 16.5. The first-order valence-corrected chi connectivity index (χ1v) is 6.72. The van der Waals surface area contributed by atoms with E-state index in [1.165, 1.54) is 0 Å². The molecule has 0 amide bonds. The summed E-state index contributed by atoms with van der Waals surface area (Å²) < 4.78 is 10.7. The third-order valence-electron chi connectivity index (χ3n) is 3.67. The van der Waals surface area contributed by atoms with Crippen molar-refractivity contribution in [3.8, 4) is 0 Å². The Labute approximate surface area is 108 Å². The zero-order valence-corrected chi connectivity index (χ0v) is 11.0. The maximum atomic E-state index is 9.09. The van der Waals surface area contributed by atoms with Crippen molar-refractivity contribution in [2.24, 2.45) is 5.92 Å². The Balaban J connectivity index is 1.71. The molecule has 1 heterocycles. The molecule has 1 fully saturated rings. The van der Waals surface area contributed by atoms with E-state index in [2.05, 4.69) is 5.32 Å². The predicted molar refractivity (Wildman–Crippen MR) is 69.1 cm³/mol. The molecule has 2 rings (SSSR count). The molecule has 0 atom stereocenters. The van der Waals surface area contributed by atoms with Crippen molar-refractivity contribution in [3.63, 3.8) is 0 Å². The summed E-state index contributed by atoms with van der Waals surface area (Å²) in [5.74, 6) is 2.35. The van der Waals surface area contributed by atoms with Crippen LogP contribution in [-0.4, -0.2) is 24.9 Å². The van der Waals surface area contributed by atoms with Gasteiger partial charge in [-0.1, -0.05) is 0 Å². The molecule has 2 N–H and O–H groups in total. The minimum absolute atomic E-state index is 0.339. The quantitative estimate of drug-likeness (QED) is 0.815. The molecule has 0 radical (unpaired) electrons. The van der Waals surface area contributed by atoms with E-state index in [1.807, 2.05) is 12.1 Å². The Hall–Kier alpha value is -0.840. The minimum Gasteiger partial charge on any atom is -0.462 e. The maximum absolute atomic E-state index is 9.09. The number of hydrogen-bond acceptors (Lipinski definition) is 4. The fourth-order valence-electron chi connectivity index (χ4n) is 2.53. The normalized spacial score (nSPS) is 24.3. The predicted octanol–water partition coefficient (Wildman–Crippen LogP) is 2.07. The first kappa shape index (κ1) is 13.6. The van der Waals surface area contributed by atoms with Gasteiger partial charge in [-0.3, -0.25) is 0 Å². The van der Waals surface area contributed by atoms with Crippen LogP contribution in [0.25, 0.3) is 0 Å². The molecule has 0 bridgehead atoms. The zero-order chi connectivity index (χ0) is 12.8. The molecule has 4 heteroatoms. The minimum atomic E-state index is 0.339. The molecule has 0 aromatic carbocycles. The van der Waals surface area contributed by atoms with Gasteiger partial charge in [0.15, 0.2) is 0 Å². The lowest BCUT2D eigenvalue weighted by Crippen LogP contribution is -2.33. The second kappa shape index (κ2) is 6.92. The molecule has 1 aliphatic rings. The fourth-order valence-corrected chi connectivity index (χ4v) is 2.53. The molecule has 1 aromatic rings. The third-order valence-corrected chi connectivity index (χ3v) is 3.67. The second-order valence-electron chi connectivity index (χ2n) is 5.08. The van der Waals surface area contributed by atoms with Gasteiger partial charge in [0.1, 0.15) is 18.1 Å². The smallest absolute Gasteiger partial charge is 0.129 e. The average molecular weight is 253 g/mol. The van der Waals surface area contributed by atoms with Gasteiger partial charge in [-0.2, -0.15) is 0 Å². The first-order valence-electron chi connectivity index (χ1n) is 6.72. The summed E-state index contributed by atoms with van der Waals surface area (Å²) in [6.07, 6.45) is 4.55. The van der Waals surface area contributed by atoms with Crippen molar-refractivity contribution in [2.75, 3.05) is 13.7 Å². The van der Waals surface area contributed by atoms with Crippen molar-refractivity contribution < 1.29 is 14.3 Å². The van der Waals surface area contributed by atoms with E-state index in [4.69, 9.17) is 14.3 Å². The molecule has 0 unspecified atom stereocenters. The summed E-state index contributed by atoms with van der Waals surface area (Å²) in [6.45, 7) is 1.64. The molecule has 1 aliphatic carbocycles. The molecular weight excluding hydrogens is 230 g/mol. The summed E-state index contributed by atoms with van der Waals surface area (Å²) in [6, 6.07) is 4.52. The second-order valence-corrected chi connectivity index (χ2v) is 5.08. The van der Waals surface area contributed by atoms with Crippen molar-refractivity contribution in [3.05, 3.63) is 23.7 Å². The van der Waals surface area contributed by atoms with Crippen molar-refractivity contribution in [1.82, 2.24) is 5.32 Å². The first-order chi connectivity index (χ1) is 8.81. The van der Waals surface area contributed by atoms with Crippen molar-refractivity contribution >= 4 is 0 Å². The van der Waals surface area contributed by atoms with Crippen LogP contribution in [0.3, 0.4) is 0 Å². The fraction of sp³-hybridized carbons (Fsp3) is 0.714. The highest BCUT2D eigenvalue weighted by Gasteiger charge is 2.20. The Morgan fingerprint density at radius 3 is 2.67 bits per heavy atom. The Kier molecular flexibility index (Phi) is 5.23. The summed E-state index contributed by atoms with van der Waals surface area (Å²) >= 11 is 0. The van der Waals surface area contributed by atoms with Crippen LogP contribution >= 0.6 is 0 Å². The lowest BCUT2D eigenvalue weighted by Gasteiger charge is -2.27. The van der Waals surface area contributed by atoms with Gasteiger partial charge in [-0.25, -0.2) is 0 Å². The van der Waals surface area contributed by atoms with Gasteiger partial charge in [0.2, 0.25) is 0 Å². The molecule has 0 aliphatic heterocycles. The van der Waals surface area contributed by atoms with Gasteiger partial charge in [0.05, 0.1) is 6.54 Å². The Morgan fingerprint density at radius 2 is 2.00 bits per heavy atom. The van der Waals surface area contributed by atoms with Gasteiger partial charge >= 0.3 is 0 Å². The maximum Gasteiger partial charge on any atom is 0.129 e. The van der Waals surface area contributed by atoms with Gasteiger partial charge in [0, 0.05) is 19.8 Å². The molecule has 18 heavy (non-hydrogen) atoms. The van der Waals surface area contributed by atoms with Gasteiger partial charge in [-0.15, -0.1) is 0 Å². The summed E-state index contributed by atoms with van der Waals surface area (Å²) in [5.41, 5.74) is 0. The number of nitrogens with one attached hydrogen (secondary N) is 1. The van der Waals surface area contributed by atoms with E-state index >= 15 is 0 Å². The molecule has 4 nitrogen and oxygen atoms in total. The van der Waals surface area contributed by atoms with Crippen LogP contribution in [0, 0.1) is 5.92 Å². The molecule has 0 spiro atoms. The number of aliphatic hydroxyl groups is 1. The SMILES string of the molecule is COCc1ccc(CNC2CCC(CO)CC2)o1. The van der Waals surface area contributed by atoms with Crippen LogP contribution in [0.1, 0.15) is 37.2 Å². The van der Waals surface area contributed by atoms with Crippen molar-refractivity contribution in [2.45, 2.75) is 44.9 Å². The van der Waals surface area contributed by atoms with Crippen LogP contribution in [-0.2, 0) is 17.9 Å². The highest BCUT2D eigenvalue weighted by Crippen LogP contribution is 2.24. The number of methoxy groups -OCH3 is 1. The Bertz CT molecular complexity index is 343. The summed E-state index contributed by atoms with van der Waals surface area (Å²) in [4.78, 5) is 0. The van der Waals surface area contributed by atoms with E-state index in [1.54, 1.807) is 7.11 Å². The molecule has 1 saturated carbocycles. The summed E-state index contributed by atoms with van der Waals surface area (Å²) in [5, 5.41) is 12.6. The lowest BCUT2D eigenvalue weighted by atomic mass is 9.86. The molecular formula is C14H23NO3. The largest absolute Gasteiger partial charge is 0.462 e. The van der Waals surface area contributed by atoms with Crippen LogP contribution in [0.4, 0.5) is 0 Å². The number of ether oxygens (including phenoxy) is 1. The van der Waals surface area contributed by atoms with Crippen LogP contribution < -0.4 is 5.32 Å². The Morgan fingerprint density at radius 1 is 1.28 bits per heavy atom. The van der Waals surface area contributed by atoms with E-state index in [0.29, 0.717) is 25.2 Å². The molecule has 102 valence electrons. The standard InChI is InChI=1S/C14H23NO3/c1-17-10-14-7-6-13(18-14)8-15-12-4-2-11(9-16)3-5-12/h6-7,11-12,15-16H,2-5,8-10H2,1H3. The van der Waals surface area contributed by atoms with Gasteiger partial charge < -0.3 is 19.6 Å². The van der Waals surface area contributed by atoms with E-state index < -0.39 is 0 Å². The van der Waals surface area contributed by atoms with Crippen LogP contribution in [0.2, 0.25) is 0 Å². The number of rotatable bonds is 6. The van der Waals surface area contributed by atoms with Crippen molar-refractivity contribution in [1.29, 1.82) is 0 Å². The zero-order valence-electron chi connectivity index (χ0n) is 11.0. The lowest BCUT2D eigenvalue weighted by molar-refractivity contribution is 0.161. The topological polar surface area (TPSA) is 54.6 Å². The van der Waals surface area contributed by atoms with E-state index in [9.17, 15) is 0 Å². The number of furan rings is 1. The third kappa shape index (κ3) is 3.83. The van der Waals surface area contributed by atoms with E-state index in [-0.39, 0.29) is 0 Å². The number of aliphatic hydroxyl groups excluding tert-OH is 1. The average Bonchev–Trinajstić information content (AvgIpc) is 2.85. The molecule has 0 saturated heterocycles. The summed E-state index contributed by atoms with van der Waals surface area (Å²) in [7, 11) is 1.67. The van der Waals surface area contributed by atoms with E-state index in [0.717, 1.165) is 43.7 Å². The monoisotopic (exact) mass is 253 g/mol. The number of hydrogen-bond donors (Lipinski definition) is 2.